The highest BCUT2D eigenvalue weighted by molar-refractivity contribution is 4.84. The van der Waals surface area contributed by atoms with Crippen LogP contribution in [0.5, 0.6) is 0 Å². The van der Waals surface area contributed by atoms with E-state index in [1.54, 1.807) is 0 Å². The molecule has 0 saturated heterocycles. The molecule has 66 valence electrons. The summed E-state index contributed by atoms with van der Waals surface area (Å²) < 4.78 is 5.47. The molecule has 0 aromatic carbocycles. The van der Waals surface area contributed by atoms with Gasteiger partial charge in [-0.25, -0.2) is 0 Å². The summed E-state index contributed by atoms with van der Waals surface area (Å²) in [4.78, 5) is 0. The first kappa shape index (κ1) is 10.5. The minimum atomic E-state index is 0.690. The summed E-state index contributed by atoms with van der Waals surface area (Å²) in [6, 6.07) is 0. The molecule has 0 bridgehead atoms. The Hall–Kier alpha value is -0.460. The van der Waals surface area contributed by atoms with Gasteiger partial charge in [-0.2, -0.15) is 0 Å². The molecule has 1 atom stereocenters. The second-order valence-electron chi connectivity index (χ2n) is 3.10. The topological polar surface area (TPSA) is 9.23 Å². The first-order chi connectivity index (χ1) is 5.20. The van der Waals surface area contributed by atoms with E-state index < -0.39 is 0 Å². The predicted molar refractivity (Wildman–Crippen MR) is 49.5 cm³/mol. The molecule has 1 heteroatoms. The van der Waals surface area contributed by atoms with Crippen LogP contribution in [0.3, 0.4) is 0 Å². The Labute approximate surface area is 70.4 Å². The average Bonchev–Trinajstić information content (AvgIpc) is 2.01. The number of hydrogen-bond acceptors (Lipinski definition) is 1. The summed E-state index contributed by atoms with van der Waals surface area (Å²) in [5, 5.41) is 0. The zero-order chi connectivity index (χ0) is 8.69. The van der Waals surface area contributed by atoms with Crippen molar-refractivity contribution >= 4 is 0 Å². The third-order valence-corrected chi connectivity index (χ3v) is 1.78. The van der Waals surface area contributed by atoms with Crippen LogP contribution < -0.4 is 0 Å². The maximum absolute atomic E-state index is 5.47. The van der Waals surface area contributed by atoms with E-state index >= 15 is 0 Å². The molecule has 0 fully saturated rings. The summed E-state index contributed by atoms with van der Waals surface area (Å²) in [6.07, 6.45) is 4.51. The molecular formula is C10H20O. The van der Waals surface area contributed by atoms with Gasteiger partial charge < -0.3 is 4.74 Å². The van der Waals surface area contributed by atoms with Gasteiger partial charge >= 0.3 is 0 Å². The van der Waals surface area contributed by atoms with Crippen molar-refractivity contribution in [3.05, 3.63) is 11.8 Å². The Morgan fingerprint density at radius 3 is 2.64 bits per heavy atom. The molecule has 0 saturated carbocycles. The van der Waals surface area contributed by atoms with Crippen molar-refractivity contribution in [1.29, 1.82) is 0 Å². The lowest BCUT2D eigenvalue weighted by molar-refractivity contribution is 0.168. The van der Waals surface area contributed by atoms with E-state index in [0.29, 0.717) is 5.92 Å². The lowest BCUT2D eigenvalue weighted by Crippen LogP contribution is -2.04. The summed E-state index contributed by atoms with van der Waals surface area (Å²) in [6.45, 7) is 9.30. The quantitative estimate of drug-likeness (QED) is 0.554. The van der Waals surface area contributed by atoms with Gasteiger partial charge in [0.25, 0.3) is 0 Å². The van der Waals surface area contributed by atoms with Crippen molar-refractivity contribution in [2.24, 2.45) is 5.92 Å². The fraction of sp³-hybridized carbons (Fsp3) is 0.800. The number of hydrogen-bond donors (Lipinski definition) is 0. The summed E-state index contributed by atoms with van der Waals surface area (Å²) >= 11 is 0. The van der Waals surface area contributed by atoms with Gasteiger partial charge in [-0.3, -0.25) is 0 Å². The lowest BCUT2D eigenvalue weighted by atomic mass is 10.1. The van der Waals surface area contributed by atoms with Gasteiger partial charge in [0.15, 0.2) is 0 Å². The molecule has 11 heavy (non-hydrogen) atoms. The maximum Gasteiger partial charge on any atom is 0.0902 e. The highest BCUT2D eigenvalue weighted by Gasteiger charge is 1.99. The van der Waals surface area contributed by atoms with Crippen molar-refractivity contribution in [1.82, 2.24) is 0 Å². The van der Waals surface area contributed by atoms with E-state index in [-0.39, 0.29) is 0 Å². The zero-order valence-electron chi connectivity index (χ0n) is 8.18. The van der Waals surface area contributed by atoms with E-state index in [1.807, 2.05) is 19.9 Å². The first-order valence-electron chi connectivity index (χ1n) is 4.46. The van der Waals surface area contributed by atoms with Crippen LogP contribution >= 0.6 is 0 Å². The number of allylic oxidation sites excluding steroid dienone is 2. The van der Waals surface area contributed by atoms with E-state index in [0.717, 1.165) is 12.4 Å². The Bertz CT molecular complexity index is 116. The summed E-state index contributed by atoms with van der Waals surface area (Å²) in [5.41, 5.74) is 0. The van der Waals surface area contributed by atoms with Crippen LogP contribution in [0.1, 0.15) is 40.5 Å². The van der Waals surface area contributed by atoms with Crippen LogP contribution in [0.15, 0.2) is 11.8 Å². The molecule has 1 nitrogen and oxygen atoms in total. The average molecular weight is 156 g/mol. The standard InChI is InChI=1S/C10H20O/c1-5-7-9(3)8-11-10(4)6-2/h6,9H,5,7-8H2,1-4H3/b10-6+. The van der Waals surface area contributed by atoms with E-state index in [9.17, 15) is 0 Å². The van der Waals surface area contributed by atoms with Gasteiger partial charge in [-0.1, -0.05) is 26.3 Å². The van der Waals surface area contributed by atoms with Crippen molar-refractivity contribution in [2.45, 2.75) is 40.5 Å². The third kappa shape index (κ3) is 5.96. The van der Waals surface area contributed by atoms with E-state index in [2.05, 4.69) is 13.8 Å². The highest BCUT2D eigenvalue weighted by atomic mass is 16.5. The smallest absolute Gasteiger partial charge is 0.0902 e. The molecule has 0 spiro atoms. The highest BCUT2D eigenvalue weighted by Crippen LogP contribution is 2.07. The van der Waals surface area contributed by atoms with Crippen molar-refractivity contribution < 1.29 is 4.74 Å². The molecule has 0 rings (SSSR count). The monoisotopic (exact) mass is 156 g/mol. The minimum Gasteiger partial charge on any atom is -0.498 e. The number of rotatable bonds is 5. The van der Waals surface area contributed by atoms with Crippen molar-refractivity contribution in [2.75, 3.05) is 6.61 Å². The van der Waals surface area contributed by atoms with Gasteiger partial charge in [-0.05, 0) is 26.2 Å². The second kappa shape index (κ2) is 6.26. The molecule has 0 heterocycles. The van der Waals surface area contributed by atoms with Crippen LogP contribution in [0.25, 0.3) is 0 Å². The second-order valence-corrected chi connectivity index (χ2v) is 3.10. The molecule has 0 amide bonds. The molecule has 0 aliphatic heterocycles. The van der Waals surface area contributed by atoms with Crippen molar-refractivity contribution in [3.8, 4) is 0 Å². The van der Waals surface area contributed by atoms with Crippen LogP contribution in [0.4, 0.5) is 0 Å². The minimum absolute atomic E-state index is 0.690. The normalized spacial score (nSPS) is 14.7. The maximum atomic E-state index is 5.47. The molecule has 1 unspecified atom stereocenters. The van der Waals surface area contributed by atoms with Gasteiger partial charge in [0.05, 0.1) is 12.4 Å². The SMILES string of the molecule is C/C=C(\C)OCC(C)CCC. The molecule has 0 N–H and O–H groups in total. The van der Waals surface area contributed by atoms with Gasteiger partial charge in [0, 0.05) is 0 Å². The molecule has 0 aliphatic rings. The van der Waals surface area contributed by atoms with Gasteiger partial charge in [0.1, 0.15) is 0 Å². The molecule has 0 aromatic rings. The molecule has 0 radical (unpaired) electrons. The van der Waals surface area contributed by atoms with Gasteiger partial charge in [0.2, 0.25) is 0 Å². The zero-order valence-corrected chi connectivity index (χ0v) is 8.18. The Morgan fingerprint density at radius 2 is 2.18 bits per heavy atom. The largest absolute Gasteiger partial charge is 0.498 e. The lowest BCUT2D eigenvalue weighted by Gasteiger charge is -2.11. The fourth-order valence-corrected chi connectivity index (χ4v) is 0.933. The summed E-state index contributed by atoms with van der Waals surface area (Å²) in [5.74, 6) is 1.72. The summed E-state index contributed by atoms with van der Waals surface area (Å²) in [7, 11) is 0. The Kier molecular flexibility index (Phi) is 6.00. The van der Waals surface area contributed by atoms with Crippen LogP contribution in [-0.2, 0) is 4.74 Å². The van der Waals surface area contributed by atoms with Crippen LogP contribution in [0.2, 0.25) is 0 Å². The van der Waals surface area contributed by atoms with E-state index in [4.69, 9.17) is 4.74 Å². The van der Waals surface area contributed by atoms with Crippen molar-refractivity contribution in [3.63, 3.8) is 0 Å². The Balaban J connectivity index is 3.37. The third-order valence-electron chi connectivity index (χ3n) is 1.78. The Morgan fingerprint density at radius 1 is 1.55 bits per heavy atom. The van der Waals surface area contributed by atoms with Crippen LogP contribution in [-0.4, -0.2) is 6.61 Å². The molecule has 0 aliphatic carbocycles. The first-order valence-corrected chi connectivity index (χ1v) is 4.46. The molecular weight excluding hydrogens is 136 g/mol. The van der Waals surface area contributed by atoms with Gasteiger partial charge in [-0.15, -0.1) is 0 Å². The number of ether oxygens (including phenoxy) is 1. The van der Waals surface area contributed by atoms with E-state index in [1.165, 1.54) is 12.8 Å². The molecule has 0 aromatic heterocycles. The fourth-order valence-electron chi connectivity index (χ4n) is 0.933. The predicted octanol–water partition coefficient (Wildman–Crippen LogP) is 3.36. The van der Waals surface area contributed by atoms with Crippen LogP contribution in [0, 0.1) is 5.92 Å².